The Hall–Kier alpha value is -1.69. The first-order chi connectivity index (χ1) is 11.3. The minimum atomic E-state index is 0.280. The minimum Gasteiger partial charge on any atom is -0.376 e. The van der Waals surface area contributed by atoms with Gasteiger partial charge < -0.3 is 10.1 Å². The topological polar surface area (TPSA) is 47.0 Å². The van der Waals surface area contributed by atoms with Gasteiger partial charge >= 0.3 is 0 Å². The lowest BCUT2D eigenvalue weighted by Gasteiger charge is -2.12. The van der Waals surface area contributed by atoms with Gasteiger partial charge in [0.05, 0.1) is 10.8 Å². The highest BCUT2D eigenvalue weighted by Gasteiger charge is 2.17. The van der Waals surface area contributed by atoms with Gasteiger partial charge in [-0.2, -0.15) is 0 Å². The highest BCUT2D eigenvalue weighted by atomic mass is 35.5. The summed E-state index contributed by atoms with van der Waals surface area (Å²) in [5.74, 6) is 0.836. The van der Waals surface area contributed by atoms with Crippen LogP contribution in [0.4, 0.5) is 5.82 Å². The first-order valence-corrected chi connectivity index (χ1v) is 8.92. The molecule has 118 valence electrons. The Morgan fingerprint density at radius 3 is 2.87 bits per heavy atom. The zero-order valence-electron chi connectivity index (χ0n) is 12.5. The van der Waals surface area contributed by atoms with Gasteiger partial charge in [-0.05, 0) is 36.4 Å². The lowest BCUT2D eigenvalue weighted by atomic mass is 10.1. The Balaban J connectivity index is 1.65. The summed E-state index contributed by atoms with van der Waals surface area (Å²) in [6.07, 6.45) is 2.53. The fourth-order valence-electron chi connectivity index (χ4n) is 2.83. The summed E-state index contributed by atoms with van der Waals surface area (Å²) >= 11 is 7.65. The van der Waals surface area contributed by atoms with Crippen molar-refractivity contribution < 1.29 is 4.74 Å². The van der Waals surface area contributed by atoms with Crippen LogP contribution in [0, 0.1) is 0 Å². The van der Waals surface area contributed by atoms with Crippen molar-refractivity contribution in [1.29, 1.82) is 0 Å². The number of benzene rings is 1. The zero-order valence-corrected chi connectivity index (χ0v) is 14.0. The highest BCUT2D eigenvalue weighted by molar-refractivity contribution is 7.17. The molecule has 1 aliphatic heterocycles. The number of hydrogen-bond acceptors (Lipinski definition) is 5. The van der Waals surface area contributed by atoms with E-state index in [9.17, 15) is 0 Å². The van der Waals surface area contributed by atoms with Gasteiger partial charge in [0.25, 0.3) is 0 Å². The van der Waals surface area contributed by atoms with Crippen LogP contribution < -0.4 is 5.32 Å². The Bertz CT molecular complexity index is 812. The van der Waals surface area contributed by atoms with Crippen molar-refractivity contribution in [3.8, 4) is 11.3 Å². The third-order valence-electron chi connectivity index (χ3n) is 4.02. The van der Waals surface area contributed by atoms with E-state index in [0.717, 1.165) is 58.2 Å². The van der Waals surface area contributed by atoms with Crippen molar-refractivity contribution in [3.05, 3.63) is 40.7 Å². The fraction of sp³-hybridized carbons (Fsp3) is 0.294. The molecule has 0 radical (unpaired) electrons. The smallest absolute Gasteiger partial charge is 0.166 e. The van der Waals surface area contributed by atoms with Crippen molar-refractivity contribution >= 4 is 38.8 Å². The number of ether oxygens (including phenoxy) is 1. The van der Waals surface area contributed by atoms with Gasteiger partial charge in [0.1, 0.15) is 5.69 Å². The van der Waals surface area contributed by atoms with Crippen LogP contribution in [0.15, 0.2) is 35.7 Å². The minimum absolute atomic E-state index is 0.280. The molecule has 1 fully saturated rings. The standard InChI is InChI=1S/C17H16ClN3OS/c18-12-5-3-11(4-6-12)15-14-7-9-23-16(14)17(21-20-15)19-10-13-2-1-8-22-13/h3-7,9,13H,1-2,8,10H2,(H,19,21)/t13-/m0/s1. The average molecular weight is 346 g/mol. The van der Waals surface area contributed by atoms with Gasteiger partial charge in [-0.25, -0.2) is 0 Å². The van der Waals surface area contributed by atoms with E-state index in [1.165, 1.54) is 0 Å². The second kappa shape index (κ2) is 6.43. The molecule has 1 aliphatic rings. The summed E-state index contributed by atoms with van der Waals surface area (Å²) < 4.78 is 6.78. The number of rotatable bonds is 4. The number of thiophene rings is 1. The second-order valence-electron chi connectivity index (χ2n) is 5.58. The molecule has 3 aromatic rings. The van der Waals surface area contributed by atoms with E-state index < -0.39 is 0 Å². The summed E-state index contributed by atoms with van der Waals surface area (Å²) in [7, 11) is 0. The molecular weight excluding hydrogens is 330 g/mol. The number of aromatic nitrogens is 2. The molecule has 0 amide bonds. The largest absolute Gasteiger partial charge is 0.376 e. The molecule has 4 rings (SSSR count). The molecule has 1 atom stereocenters. The van der Waals surface area contributed by atoms with Crippen LogP contribution in [0.2, 0.25) is 5.02 Å². The predicted molar refractivity (Wildman–Crippen MR) is 95.3 cm³/mol. The first-order valence-electron chi connectivity index (χ1n) is 7.66. The summed E-state index contributed by atoms with van der Waals surface area (Å²) in [6, 6.07) is 9.79. The fourth-order valence-corrected chi connectivity index (χ4v) is 3.81. The molecule has 23 heavy (non-hydrogen) atoms. The molecule has 1 N–H and O–H groups in total. The van der Waals surface area contributed by atoms with Gasteiger partial charge in [-0.1, -0.05) is 23.7 Å². The Labute approximate surface area is 143 Å². The number of hydrogen-bond donors (Lipinski definition) is 1. The van der Waals surface area contributed by atoms with Crippen LogP contribution >= 0.6 is 22.9 Å². The van der Waals surface area contributed by atoms with E-state index in [4.69, 9.17) is 16.3 Å². The average Bonchev–Trinajstić information content (AvgIpc) is 3.25. The van der Waals surface area contributed by atoms with Crippen LogP contribution in [0.5, 0.6) is 0 Å². The monoisotopic (exact) mass is 345 g/mol. The Morgan fingerprint density at radius 1 is 1.22 bits per heavy atom. The molecule has 0 bridgehead atoms. The van der Waals surface area contributed by atoms with E-state index >= 15 is 0 Å². The van der Waals surface area contributed by atoms with E-state index in [-0.39, 0.29) is 6.10 Å². The van der Waals surface area contributed by atoms with Crippen LogP contribution in [0.25, 0.3) is 21.3 Å². The summed E-state index contributed by atoms with van der Waals surface area (Å²) in [6.45, 7) is 1.64. The molecule has 1 saturated heterocycles. The predicted octanol–water partition coefficient (Wildman–Crippen LogP) is 4.60. The summed E-state index contributed by atoms with van der Waals surface area (Å²) in [4.78, 5) is 0. The lowest BCUT2D eigenvalue weighted by Crippen LogP contribution is -2.19. The van der Waals surface area contributed by atoms with Crippen molar-refractivity contribution in [2.45, 2.75) is 18.9 Å². The van der Waals surface area contributed by atoms with Crippen molar-refractivity contribution in [1.82, 2.24) is 10.2 Å². The molecule has 0 unspecified atom stereocenters. The number of nitrogens with zero attached hydrogens (tertiary/aromatic N) is 2. The Kier molecular flexibility index (Phi) is 4.16. The Morgan fingerprint density at radius 2 is 2.09 bits per heavy atom. The quantitative estimate of drug-likeness (QED) is 0.750. The number of halogens is 1. The van der Waals surface area contributed by atoms with E-state index in [2.05, 4.69) is 27.0 Å². The molecule has 0 saturated carbocycles. The van der Waals surface area contributed by atoms with E-state index in [1.807, 2.05) is 24.3 Å². The maximum atomic E-state index is 5.97. The van der Waals surface area contributed by atoms with E-state index in [1.54, 1.807) is 11.3 Å². The van der Waals surface area contributed by atoms with E-state index in [0.29, 0.717) is 0 Å². The molecule has 6 heteroatoms. The molecular formula is C17H16ClN3OS. The third-order valence-corrected chi connectivity index (χ3v) is 5.20. The van der Waals surface area contributed by atoms with Gasteiger partial charge in [0.2, 0.25) is 0 Å². The summed E-state index contributed by atoms with van der Waals surface area (Å²) in [5.41, 5.74) is 1.91. The van der Waals surface area contributed by atoms with Crippen molar-refractivity contribution in [2.75, 3.05) is 18.5 Å². The van der Waals surface area contributed by atoms with Crippen molar-refractivity contribution in [3.63, 3.8) is 0 Å². The first kappa shape index (κ1) is 14.9. The molecule has 0 spiro atoms. The highest BCUT2D eigenvalue weighted by Crippen LogP contribution is 2.34. The number of fused-ring (bicyclic) bond motifs is 1. The zero-order chi connectivity index (χ0) is 15.6. The maximum Gasteiger partial charge on any atom is 0.166 e. The van der Waals surface area contributed by atoms with Crippen LogP contribution in [-0.2, 0) is 4.74 Å². The molecule has 0 aliphatic carbocycles. The summed E-state index contributed by atoms with van der Waals surface area (Å²) in [5, 5.41) is 16.1. The van der Waals surface area contributed by atoms with Gasteiger partial charge in [-0.3, -0.25) is 0 Å². The maximum absolute atomic E-state index is 5.97. The molecule has 4 nitrogen and oxygen atoms in total. The lowest BCUT2D eigenvalue weighted by molar-refractivity contribution is 0.120. The van der Waals surface area contributed by atoms with Gasteiger partial charge in [0.15, 0.2) is 5.82 Å². The van der Waals surface area contributed by atoms with Gasteiger partial charge in [-0.15, -0.1) is 21.5 Å². The normalized spacial score (nSPS) is 17.7. The second-order valence-corrected chi connectivity index (χ2v) is 6.94. The van der Waals surface area contributed by atoms with Crippen molar-refractivity contribution in [2.24, 2.45) is 0 Å². The molecule has 3 heterocycles. The molecule has 1 aromatic carbocycles. The molecule has 2 aromatic heterocycles. The SMILES string of the molecule is Clc1ccc(-c2nnc(NC[C@@H]3CCCO3)c3sccc23)cc1. The number of nitrogens with one attached hydrogen (secondary N) is 1. The van der Waals surface area contributed by atoms with Crippen LogP contribution in [0.1, 0.15) is 12.8 Å². The number of anilines is 1. The third kappa shape index (κ3) is 3.04. The van der Waals surface area contributed by atoms with Crippen LogP contribution in [0.3, 0.4) is 0 Å². The van der Waals surface area contributed by atoms with Crippen LogP contribution in [-0.4, -0.2) is 29.5 Å². The van der Waals surface area contributed by atoms with Gasteiger partial charge in [0, 0.05) is 29.1 Å².